The molecule has 0 aliphatic rings. The smallest absolute Gasteiger partial charge is 0.315 e. The highest BCUT2D eigenvalue weighted by Gasteiger charge is 2.17. The number of hydrogen-bond donors (Lipinski definition) is 3. The summed E-state index contributed by atoms with van der Waals surface area (Å²) in [5.41, 5.74) is 1.06. The number of carboxylic acid groups (broad SMARTS) is 1. The minimum absolute atomic E-state index is 0.0129. The number of nitrogens with one attached hydrogen (secondary N) is 2. The highest BCUT2D eigenvalue weighted by molar-refractivity contribution is 7.11. The molecule has 7 heteroatoms. The zero-order valence-electron chi connectivity index (χ0n) is 14.4. The first-order chi connectivity index (χ1) is 11.9. The molecular formula is C18H23N3O3S. The van der Waals surface area contributed by atoms with E-state index in [-0.39, 0.29) is 24.5 Å². The van der Waals surface area contributed by atoms with Gasteiger partial charge in [-0.25, -0.2) is 9.78 Å². The van der Waals surface area contributed by atoms with Gasteiger partial charge in [0, 0.05) is 23.5 Å². The van der Waals surface area contributed by atoms with Crippen LogP contribution in [-0.4, -0.2) is 28.1 Å². The van der Waals surface area contributed by atoms with Crippen LogP contribution in [0.1, 0.15) is 41.3 Å². The molecule has 1 aromatic heterocycles. The van der Waals surface area contributed by atoms with Crippen molar-refractivity contribution in [2.24, 2.45) is 0 Å². The summed E-state index contributed by atoms with van der Waals surface area (Å²) >= 11 is 1.54. The van der Waals surface area contributed by atoms with Gasteiger partial charge in [-0.1, -0.05) is 30.3 Å². The lowest BCUT2D eigenvalue weighted by molar-refractivity contribution is -0.137. The summed E-state index contributed by atoms with van der Waals surface area (Å²) in [6.07, 6.45) is 2.76. The molecule has 25 heavy (non-hydrogen) atoms. The normalized spacial score (nSPS) is 13.0. The number of carbonyl (C=O) groups excluding carboxylic acids is 1. The first-order valence-corrected chi connectivity index (χ1v) is 9.00. The molecule has 1 aromatic carbocycles. The monoisotopic (exact) mass is 361 g/mol. The third-order valence-electron chi connectivity index (χ3n) is 3.72. The summed E-state index contributed by atoms with van der Waals surface area (Å²) in [5.74, 6) is -0.869. The number of aromatic nitrogens is 1. The Hall–Kier alpha value is -2.41. The second kappa shape index (κ2) is 9.17. The van der Waals surface area contributed by atoms with Crippen molar-refractivity contribution in [3.05, 3.63) is 52.0 Å². The number of carboxylic acids is 1. The number of amides is 2. The largest absolute Gasteiger partial charge is 0.481 e. The van der Waals surface area contributed by atoms with Crippen LogP contribution in [0.5, 0.6) is 0 Å². The summed E-state index contributed by atoms with van der Waals surface area (Å²) in [6.45, 7) is 3.84. The van der Waals surface area contributed by atoms with Crippen molar-refractivity contribution in [2.75, 3.05) is 0 Å². The Morgan fingerprint density at radius 2 is 1.96 bits per heavy atom. The maximum absolute atomic E-state index is 12.3. The van der Waals surface area contributed by atoms with E-state index in [0.29, 0.717) is 12.8 Å². The highest BCUT2D eigenvalue weighted by Crippen LogP contribution is 2.18. The Kier molecular flexibility index (Phi) is 6.94. The number of aliphatic carboxylic acids is 1. The van der Waals surface area contributed by atoms with Crippen molar-refractivity contribution in [3.8, 4) is 0 Å². The van der Waals surface area contributed by atoms with E-state index in [2.05, 4.69) is 15.6 Å². The number of thiazole rings is 1. The van der Waals surface area contributed by atoms with E-state index in [0.717, 1.165) is 15.4 Å². The fraction of sp³-hybridized carbons (Fsp3) is 0.389. The number of rotatable bonds is 8. The van der Waals surface area contributed by atoms with Crippen molar-refractivity contribution >= 4 is 23.3 Å². The van der Waals surface area contributed by atoms with E-state index in [1.54, 1.807) is 17.5 Å². The van der Waals surface area contributed by atoms with Crippen LogP contribution in [0, 0.1) is 6.92 Å². The Morgan fingerprint density at radius 1 is 1.24 bits per heavy atom. The van der Waals surface area contributed by atoms with Gasteiger partial charge in [0.1, 0.15) is 5.01 Å². The average molecular weight is 361 g/mol. The lowest BCUT2D eigenvalue weighted by Gasteiger charge is -2.20. The first kappa shape index (κ1) is 18.9. The average Bonchev–Trinajstić information content (AvgIpc) is 3.00. The van der Waals surface area contributed by atoms with Gasteiger partial charge in [-0.2, -0.15) is 0 Å². The summed E-state index contributed by atoms with van der Waals surface area (Å²) < 4.78 is 0. The van der Waals surface area contributed by atoms with Crippen molar-refractivity contribution in [1.82, 2.24) is 15.6 Å². The molecule has 0 saturated carbocycles. The van der Waals surface area contributed by atoms with Gasteiger partial charge >= 0.3 is 12.0 Å². The lowest BCUT2D eigenvalue weighted by atomic mass is 10.0. The van der Waals surface area contributed by atoms with E-state index in [4.69, 9.17) is 5.11 Å². The fourth-order valence-corrected chi connectivity index (χ4v) is 3.26. The molecule has 2 unspecified atom stereocenters. The SMILES string of the molecule is Cc1cnc(C(C)NC(=O)NC(CCC(=O)O)Cc2ccccc2)s1. The quantitative estimate of drug-likeness (QED) is 0.673. The van der Waals surface area contributed by atoms with E-state index in [9.17, 15) is 9.59 Å². The molecule has 0 aliphatic heterocycles. The number of nitrogens with zero attached hydrogens (tertiary/aromatic N) is 1. The standard InChI is InChI=1S/C18H23N3O3S/c1-12-11-19-17(25-12)13(2)20-18(24)21-15(8-9-16(22)23)10-14-6-4-3-5-7-14/h3-7,11,13,15H,8-10H2,1-2H3,(H,22,23)(H2,20,21,24). The molecule has 0 radical (unpaired) electrons. The van der Waals surface area contributed by atoms with Crippen LogP contribution in [0.15, 0.2) is 36.5 Å². The molecular weight excluding hydrogens is 338 g/mol. The number of aryl methyl sites for hydroxylation is 1. The lowest BCUT2D eigenvalue weighted by Crippen LogP contribution is -2.44. The van der Waals surface area contributed by atoms with Crippen LogP contribution in [0.3, 0.4) is 0 Å². The second-order valence-corrected chi connectivity index (χ2v) is 7.23. The number of benzene rings is 1. The molecule has 0 bridgehead atoms. The molecule has 0 saturated heterocycles. The van der Waals surface area contributed by atoms with Crippen LogP contribution < -0.4 is 10.6 Å². The van der Waals surface area contributed by atoms with E-state index < -0.39 is 5.97 Å². The van der Waals surface area contributed by atoms with Crippen molar-refractivity contribution in [2.45, 2.75) is 45.2 Å². The third-order valence-corrected chi connectivity index (χ3v) is 4.82. The minimum atomic E-state index is -0.869. The Morgan fingerprint density at radius 3 is 2.56 bits per heavy atom. The zero-order chi connectivity index (χ0) is 18.2. The molecule has 134 valence electrons. The van der Waals surface area contributed by atoms with Gasteiger partial charge in [0.2, 0.25) is 0 Å². The molecule has 2 aromatic rings. The van der Waals surface area contributed by atoms with Crippen molar-refractivity contribution < 1.29 is 14.7 Å². The number of carbonyl (C=O) groups is 2. The molecule has 2 rings (SSSR count). The summed E-state index contributed by atoms with van der Waals surface area (Å²) in [6, 6.07) is 8.95. The third kappa shape index (κ3) is 6.54. The molecule has 0 aliphatic carbocycles. The second-order valence-electron chi connectivity index (χ2n) is 5.97. The van der Waals surface area contributed by atoms with E-state index in [1.165, 1.54) is 0 Å². The summed E-state index contributed by atoms with van der Waals surface area (Å²) in [5, 5.41) is 15.5. The number of hydrogen-bond acceptors (Lipinski definition) is 4. The van der Waals surface area contributed by atoms with Crippen molar-refractivity contribution in [3.63, 3.8) is 0 Å². The first-order valence-electron chi connectivity index (χ1n) is 8.19. The fourth-order valence-electron chi connectivity index (χ4n) is 2.48. The Bertz CT molecular complexity index is 703. The van der Waals surface area contributed by atoms with Crippen LogP contribution >= 0.6 is 11.3 Å². The van der Waals surface area contributed by atoms with Crippen molar-refractivity contribution in [1.29, 1.82) is 0 Å². The van der Waals surface area contributed by atoms with Gasteiger partial charge in [-0.3, -0.25) is 4.79 Å². The molecule has 2 atom stereocenters. The molecule has 2 amide bonds. The molecule has 3 N–H and O–H groups in total. The molecule has 0 fully saturated rings. The van der Waals surface area contributed by atoms with Gasteiger partial charge < -0.3 is 15.7 Å². The predicted molar refractivity (Wildman–Crippen MR) is 97.7 cm³/mol. The van der Waals surface area contributed by atoms with Gasteiger partial charge in [-0.05, 0) is 32.3 Å². The molecule has 1 heterocycles. The highest BCUT2D eigenvalue weighted by atomic mass is 32.1. The van der Waals surface area contributed by atoms with Gasteiger partial charge in [0.05, 0.1) is 6.04 Å². The van der Waals surface area contributed by atoms with Crippen LogP contribution in [0.25, 0.3) is 0 Å². The van der Waals surface area contributed by atoms with E-state index >= 15 is 0 Å². The molecule has 6 nitrogen and oxygen atoms in total. The molecule has 0 spiro atoms. The van der Waals surface area contributed by atoms with Crippen LogP contribution in [0.2, 0.25) is 0 Å². The van der Waals surface area contributed by atoms with Gasteiger partial charge in [-0.15, -0.1) is 11.3 Å². The van der Waals surface area contributed by atoms with Gasteiger partial charge in [0.15, 0.2) is 0 Å². The Balaban J connectivity index is 1.94. The maximum atomic E-state index is 12.3. The van der Waals surface area contributed by atoms with Crippen LogP contribution in [0.4, 0.5) is 4.79 Å². The summed E-state index contributed by atoms with van der Waals surface area (Å²) in [4.78, 5) is 28.5. The zero-order valence-corrected chi connectivity index (χ0v) is 15.2. The topological polar surface area (TPSA) is 91.3 Å². The van der Waals surface area contributed by atoms with Gasteiger partial charge in [0.25, 0.3) is 0 Å². The minimum Gasteiger partial charge on any atom is -0.481 e. The Labute approximate surface area is 151 Å². The summed E-state index contributed by atoms with van der Waals surface area (Å²) in [7, 11) is 0. The predicted octanol–water partition coefficient (Wildman–Crippen LogP) is 3.29. The number of urea groups is 1. The van der Waals surface area contributed by atoms with Crippen LogP contribution in [-0.2, 0) is 11.2 Å². The maximum Gasteiger partial charge on any atom is 0.315 e. The van der Waals surface area contributed by atoms with E-state index in [1.807, 2.05) is 44.2 Å².